The second-order valence-corrected chi connectivity index (χ2v) is 4.56. The lowest BCUT2D eigenvalue weighted by atomic mass is 10.1. The number of rotatable bonds is 5. The van der Waals surface area contributed by atoms with E-state index in [4.69, 9.17) is 4.74 Å². The molecule has 0 aliphatic heterocycles. The van der Waals surface area contributed by atoms with Crippen LogP contribution in [0.5, 0.6) is 5.75 Å². The first-order chi connectivity index (χ1) is 9.70. The number of para-hydroxylation sites is 1. The number of likely N-dealkylation sites (N-methyl/N-ethyl adjacent to an activating group) is 1. The molecule has 4 nitrogen and oxygen atoms in total. The molecule has 4 heteroatoms. The van der Waals surface area contributed by atoms with Crippen molar-refractivity contribution in [1.29, 1.82) is 0 Å². The highest BCUT2D eigenvalue weighted by Gasteiger charge is 2.13. The normalized spacial score (nSPS) is 10.1. The standard InChI is InChI=1S/C16H18N2O2/c1-18(12-14-8-5-6-10-17-14)16(19)11-13-7-3-4-9-15(13)20-2/h3-10H,11-12H2,1-2H3. The average molecular weight is 270 g/mol. The molecule has 1 heterocycles. The zero-order valence-corrected chi connectivity index (χ0v) is 11.7. The third-order valence-electron chi connectivity index (χ3n) is 3.09. The summed E-state index contributed by atoms with van der Waals surface area (Å²) in [6.45, 7) is 0.509. The van der Waals surface area contributed by atoms with Gasteiger partial charge in [-0.05, 0) is 18.2 Å². The number of carbonyl (C=O) groups excluding carboxylic acids is 1. The van der Waals surface area contributed by atoms with Gasteiger partial charge in [0, 0.05) is 18.8 Å². The van der Waals surface area contributed by atoms with E-state index in [2.05, 4.69) is 4.98 Å². The minimum Gasteiger partial charge on any atom is -0.496 e. The Kier molecular flexibility index (Phi) is 4.71. The molecule has 104 valence electrons. The summed E-state index contributed by atoms with van der Waals surface area (Å²) in [5.74, 6) is 0.784. The monoisotopic (exact) mass is 270 g/mol. The van der Waals surface area contributed by atoms with Crippen LogP contribution >= 0.6 is 0 Å². The molecule has 0 bridgehead atoms. The molecule has 0 unspecified atom stereocenters. The van der Waals surface area contributed by atoms with Gasteiger partial charge in [0.1, 0.15) is 5.75 Å². The molecule has 20 heavy (non-hydrogen) atoms. The molecule has 0 aliphatic rings. The molecule has 0 N–H and O–H groups in total. The van der Waals surface area contributed by atoms with Crippen molar-refractivity contribution in [1.82, 2.24) is 9.88 Å². The number of aromatic nitrogens is 1. The number of ether oxygens (including phenoxy) is 1. The maximum Gasteiger partial charge on any atom is 0.227 e. The fourth-order valence-electron chi connectivity index (χ4n) is 1.97. The number of nitrogens with zero attached hydrogens (tertiary/aromatic N) is 2. The molecular weight excluding hydrogens is 252 g/mol. The molecule has 2 rings (SSSR count). The van der Waals surface area contributed by atoms with E-state index < -0.39 is 0 Å². The van der Waals surface area contributed by atoms with Gasteiger partial charge in [-0.25, -0.2) is 0 Å². The van der Waals surface area contributed by atoms with Crippen LogP contribution in [0.1, 0.15) is 11.3 Å². The van der Waals surface area contributed by atoms with Crippen LogP contribution in [0.25, 0.3) is 0 Å². The summed E-state index contributed by atoms with van der Waals surface area (Å²) in [5, 5.41) is 0. The van der Waals surface area contributed by atoms with E-state index >= 15 is 0 Å². The van der Waals surface area contributed by atoms with Gasteiger partial charge in [-0.2, -0.15) is 0 Å². The van der Waals surface area contributed by atoms with Crippen LogP contribution in [0.15, 0.2) is 48.7 Å². The molecule has 1 aromatic carbocycles. The lowest BCUT2D eigenvalue weighted by Gasteiger charge is -2.17. The first-order valence-corrected chi connectivity index (χ1v) is 6.46. The Balaban J connectivity index is 2.01. The summed E-state index contributed by atoms with van der Waals surface area (Å²) in [6.07, 6.45) is 2.06. The number of amides is 1. The summed E-state index contributed by atoms with van der Waals surface area (Å²) in [4.78, 5) is 18.1. The van der Waals surface area contributed by atoms with E-state index in [9.17, 15) is 4.79 Å². The Bertz CT molecular complexity index is 570. The first-order valence-electron chi connectivity index (χ1n) is 6.46. The minimum atomic E-state index is 0.0418. The van der Waals surface area contributed by atoms with Crippen LogP contribution in [0.4, 0.5) is 0 Å². The van der Waals surface area contributed by atoms with E-state index in [0.717, 1.165) is 17.0 Å². The van der Waals surface area contributed by atoms with E-state index in [1.165, 1.54) is 0 Å². The van der Waals surface area contributed by atoms with Crippen LogP contribution in [0, 0.1) is 0 Å². The highest BCUT2D eigenvalue weighted by Crippen LogP contribution is 2.18. The van der Waals surface area contributed by atoms with Crippen LogP contribution in [-0.4, -0.2) is 29.9 Å². The Hall–Kier alpha value is -2.36. The molecule has 0 aliphatic carbocycles. The van der Waals surface area contributed by atoms with Crippen molar-refractivity contribution < 1.29 is 9.53 Å². The van der Waals surface area contributed by atoms with Gasteiger partial charge in [-0.1, -0.05) is 24.3 Å². The number of carbonyl (C=O) groups is 1. The maximum absolute atomic E-state index is 12.2. The zero-order chi connectivity index (χ0) is 14.4. The molecule has 1 aromatic heterocycles. The Morgan fingerprint density at radius 1 is 1.20 bits per heavy atom. The Labute approximate surface area is 119 Å². The number of hydrogen-bond donors (Lipinski definition) is 0. The second-order valence-electron chi connectivity index (χ2n) is 4.56. The molecule has 0 saturated carbocycles. The van der Waals surface area contributed by atoms with E-state index in [0.29, 0.717) is 13.0 Å². The largest absolute Gasteiger partial charge is 0.496 e. The van der Waals surface area contributed by atoms with Crippen LogP contribution < -0.4 is 4.74 Å². The summed E-state index contributed by atoms with van der Waals surface area (Å²) < 4.78 is 5.26. The molecular formula is C16H18N2O2. The number of benzene rings is 1. The zero-order valence-electron chi connectivity index (χ0n) is 11.7. The van der Waals surface area contributed by atoms with E-state index in [-0.39, 0.29) is 5.91 Å². The third-order valence-corrected chi connectivity index (χ3v) is 3.09. The number of methoxy groups -OCH3 is 1. The smallest absolute Gasteiger partial charge is 0.227 e. The molecule has 0 radical (unpaired) electrons. The van der Waals surface area contributed by atoms with Crippen molar-refractivity contribution in [3.63, 3.8) is 0 Å². The van der Waals surface area contributed by atoms with Crippen molar-refractivity contribution in [2.45, 2.75) is 13.0 Å². The lowest BCUT2D eigenvalue weighted by molar-refractivity contribution is -0.129. The fraction of sp³-hybridized carbons (Fsp3) is 0.250. The van der Waals surface area contributed by atoms with E-state index in [1.807, 2.05) is 42.5 Å². The predicted octanol–water partition coefficient (Wildman–Crippen LogP) is 2.29. The lowest BCUT2D eigenvalue weighted by Crippen LogP contribution is -2.28. The third kappa shape index (κ3) is 3.57. The first kappa shape index (κ1) is 14.1. The molecule has 0 fully saturated rings. The van der Waals surface area contributed by atoms with Gasteiger partial charge < -0.3 is 9.64 Å². The minimum absolute atomic E-state index is 0.0418. The summed E-state index contributed by atoms with van der Waals surface area (Å²) >= 11 is 0. The average Bonchev–Trinajstić information content (AvgIpc) is 2.48. The number of hydrogen-bond acceptors (Lipinski definition) is 3. The van der Waals surface area contributed by atoms with Crippen LogP contribution in [0.2, 0.25) is 0 Å². The van der Waals surface area contributed by atoms with E-state index in [1.54, 1.807) is 25.3 Å². The predicted molar refractivity (Wildman–Crippen MR) is 77.4 cm³/mol. The maximum atomic E-state index is 12.2. The molecule has 0 saturated heterocycles. The fourth-order valence-corrected chi connectivity index (χ4v) is 1.97. The van der Waals surface area contributed by atoms with Crippen molar-refractivity contribution >= 4 is 5.91 Å². The highest BCUT2D eigenvalue weighted by molar-refractivity contribution is 5.79. The quantitative estimate of drug-likeness (QED) is 0.837. The van der Waals surface area contributed by atoms with Crippen molar-refractivity contribution in [3.8, 4) is 5.75 Å². The van der Waals surface area contributed by atoms with Gasteiger partial charge in [0.15, 0.2) is 0 Å². The SMILES string of the molecule is COc1ccccc1CC(=O)N(C)Cc1ccccn1. The molecule has 0 atom stereocenters. The Morgan fingerprint density at radius 2 is 1.95 bits per heavy atom. The van der Waals surface area contributed by atoms with Gasteiger partial charge in [0.25, 0.3) is 0 Å². The Morgan fingerprint density at radius 3 is 2.65 bits per heavy atom. The molecule has 0 spiro atoms. The van der Waals surface area contributed by atoms with Crippen molar-refractivity contribution in [2.24, 2.45) is 0 Å². The highest BCUT2D eigenvalue weighted by atomic mass is 16.5. The van der Waals surface area contributed by atoms with Gasteiger partial charge in [-0.15, -0.1) is 0 Å². The second kappa shape index (κ2) is 6.70. The van der Waals surface area contributed by atoms with Crippen molar-refractivity contribution in [2.75, 3.05) is 14.2 Å². The van der Waals surface area contributed by atoms with Gasteiger partial charge in [0.05, 0.1) is 25.8 Å². The summed E-state index contributed by atoms with van der Waals surface area (Å²) in [6, 6.07) is 13.3. The van der Waals surface area contributed by atoms with Gasteiger partial charge in [0.2, 0.25) is 5.91 Å². The van der Waals surface area contributed by atoms with Crippen molar-refractivity contribution in [3.05, 3.63) is 59.9 Å². The van der Waals surface area contributed by atoms with Crippen LogP contribution in [-0.2, 0) is 17.8 Å². The molecule has 1 amide bonds. The molecule has 2 aromatic rings. The topological polar surface area (TPSA) is 42.4 Å². The van der Waals surface area contributed by atoms with Gasteiger partial charge in [-0.3, -0.25) is 9.78 Å². The van der Waals surface area contributed by atoms with Crippen LogP contribution in [0.3, 0.4) is 0 Å². The number of pyridine rings is 1. The summed E-state index contributed by atoms with van der Waals surface area (Å²) in [7, 11) is 3.40. The van der Waals surface area contributed by atoms with Gasteiger partial charge >= 0.3 is 0 Å². The summed E-state index contributed by atoms with van der Waals surface area (Å²) in [5.41, 5.74) is 1.77.